The summed E-state index contributed by atoms with van der Waals surface area (Å²) in [6.07, 6.45) is -5.69. The van der Waals surface area contributed by atoms with Gasteiger partial charge in [0.2, 0.25) is 0 Å². The zero-order chi connectivity index (χ0) is 28.4. The summed E-state index contributed by atoms with van der Waals surface area (Å²) in [6, 6.07) is 7.91. The van der Waals surface area contributed by atoms with Crippen LogP contribution < -0.4 is 11.0 Å². The first kappa shape index (κ1) is 29.4. The Labute approximate surface area is 224 Å². The second-order valence-corrected chi connectivity index (χ2v) is 12.0. The van der Waals surface area contributed by atoms with Gasteiger partial charge in [-0.05, 0) is 65.7 Å². The molecule has 0 saturated carbocycles. The molecule has 1 aromatic carbocycles. The van der Waals surface area contributed by atoms with Crippen molar-refractivity contribution in [2.75, 3.05) is 5.32 Å². The van der Waals surface area contributed by atoms with Gasteiger partial charge >= 0.3 is 17.9 Å². The fourth-order valence-electron chi connectivity index (χ4n) is 3.71. The number of ether oxygens (including phenoxy) is 3. The molecule has 206 valence electrons. The molecule has 1 aromatic heterocycles. The lowest BCUT2D eigenvalue weighted by Crippen LogP contribution is -2.39. The van der Waals surface area contributed by atoms with Crippen LogP contribution in [0.15, 0.2) is 41.3 Å². The van der Waals surface area contributed by atoms with Crippen molar-refractivity contribution in [1.82, 2.24) is 9.55 Å². The van der Waals surface area contributed by atoms with E-state index in [0.717, 1.165) is 16.3 Å². The SMILES string of the molecule is [CH2]c1ccccc1C([O])[C@H]1S[C@@H](n2ccc(NC(=O)OC(C)(C)C)nc2=O)[C@@H](F)[C@@H]1OC(=O)OC(C)(C)C. The van der Waals surface area contributed by atoms with Crippen molar-refractivity contribution >= 4 is 29.8 Å². The number of rotatable bonds is 5. The van der Waals surface area contributed by atoms with Gasteiger partial charge in [-0.25, -0.2) is 23.9 Å². The number of hydrogen-bond donors (Lipinski definition) is 1. The molecule has 2 heterocycles. The standard InChI is InChI=1S/C26H32FN3O7S/c1-14-10-8-9-11-15(14)18(31)20-19(35-24(34)37-26(5,6)7)17(27)21(38-20)30-13-12-16(28-22(30)32)29-23(33)36-25(2,3)4/h8-13,17-21H,1H2,2-7H3,(H,28,29,32,33)/t17-,18?,19-,20+,21+/m0/s1. The molecule has 1 amide bonds. The molecule has 1 aliphatic rings. The molecule has 1 aliphatic heterocycles. The molecule has 3 rings (SSSR count). The zero-order valence-corrected chi connectivity index (χ0v) is 22.9. The Balaban J connectivity index is 1.89. The number of thioether (sulfide) groups is 1. The van der Waals surface area contributed by atoms with Gasteiger partial charge in [0.05, 0.1) is 5.25 Å². The number of alkyl halides is 1. The number of nitrogens with one attached hydrogen (secondary N) is 1. The van der Waals surface area contributed by atoms with E-state index in [2.05, 4.69) is 17.2 Å². The van der Waals surface area contributed by atoms with Gasteiger partial charge in [0.25, 0.3) is 0 Å². The fourth-order valence-corrected chi connectivity index (χ4v) is 5.28. The van der Waals surface area contributed by atoms with E-state index in [4.69, 9.17) is 14.2 Å². The Kier molecular flexibility index (Phi) is 8.77. The van der Waals surface area contributed by atoms with E-state index >= 15 is 4.39 Å². The van der Waals surface area contributed by atoms with Crippen molar-refractivity contribution in [2.45, 2.75) is 81.7 Å². The Morgan fingerprint density at radius 1 is 1.11 bits per heavy atom. The summed E-state index contributed by atoms with van der Waals surface area (Å²) in [4.78, 5) is 41.0. The molecule has 10 nitrogen and oxygen atoms in total. The second kappa shape index (κ2) is 11.3. The van der Waals surface area contributed by atoms with E-state index < -0.39 is 58.1 Å². The van der Waals surface area contributed by atoms with Crippen LogP contribution in [0.5, 0.6) is 0 Å². The third kappa shape index (κ3) is 7.47. The summed E-state index contributed by atoms with van der Waals surface area (Å²) < 4.78 is 32.5. The number of benzene rings is 1. The maximum absolute atomic E-state index is 15.8. The minimum Gasteiger partial charge on any atom is -0.444 e. The van der Waals surface area contributed by atoms with Crippen LogP contribution in [0.2, 0.25) is 0 Å². The van der Waals surface area contributed by atoms with Crippen molar-refractivity contribution in [2.24, 2.45) is 0 Å². The van der Waals surface area contributed by atoms with Crippen LogP contribution in [0.4, 0.5) is 19.8 Å². The van der Waals surface area contributed by atoms with Crippen molar-refractivity contribution in [3.8, 4) is 0 Å². The summed E-state index contributed by atoms with van der Waals surface area (Å²) in [7, 11) is 0. The molecule has 38 heavy (non-hydrogen) atoms. The quantitative estimate of drug-likeness (QED) is 0.503. The van der Waals surface area contributed by atoms with Gasteiger partial charge in [0.15, 0.2) is 12.3 Å². The van der Waals surface area contributed by atoms with Crippen molar-refractivity contribution in [3.63, 3.8) is 0 Å². The molecule has 0 aliphatic carbocycles. The summed E-state index contributed by atoms with van der Waals surface area (Å²) in [5.74, 6) is -0.0929. The Morgan fingerprint density at radius 2 is 1.74 bits per heavy atom. The molecule has 2 radical (unpaired) electrons. The number of halogens is 1. The molecule has 1 N–H and O–H groups in total. The highest BCUT2D eigenvalue weighted by atomic mass is 32.2. The Bertz CT molecular complexity index is 1220. The monoisotopic (exact) mass is 549 g/mol. The van der Waals surface area contributed by atoms with Crippen molar-refractivity contribution < 1.29 is 33.3 Å². The van der Waals surface area contributed by atoms with Gasteiger partial charge in [-0.1, -0.05) is 24.3 Å². The lowest BCUT2D eigenvalue weighted by molar-refractivity contribution is -0.0567. The first-order valence-electron chi connectivity index (χ1n) is 11.9. The van der Waals surface area contributed by atoms with E-state index in [-0.39, 0.29) is 5.82 Å². The number of hydrogen-bond acceptors (Lipinski definition) is 8. The van der Waals surface area contributed by atoms with Crippen LogP contribution in [0.3, 0.4) is 0 Å². The van der Waals surface area contributed by atoms with E-state index in [1.54, 1.807) is 65.8 Å². The minimum absolute atomic E-state index is 0.0929. The summed E-state index contributed by atoms with van der Waals surface area (Å²) >= 11 is 0.856. The van der Waals surface area contributed by atoms with E-state index in [9.17, 15) is 19.5 Å². The van der Waals surface area contributed by atoms with Gasteiger partial charge in [-0.2, -0.15) is 4.98 Å². The number of aromatic nitrogens is 2. The third-order valence-corrected chi connectivity index (χ3v) is 6.82. The van der Waals surface area contributed by atoms with Gasteiger partial charge in [0, 0.05) is 6.20 Å². The van der Waals surface area contributed by atoms with Crippen LogP contribution in [0.1, 0.15) is 64.1 Å². The van der Waals surface area contributed by atoms with Gasteiger partial charge in [0.1, 0.15) is 28.5 Å². The first-order chi connectivity index (χ1) is 17.6. The molecule has 12 heteroatoms. The normalized spacial score (nSPS) is 22.4. The minimum atomic E-state index is -1.95. The van der Waals surface area contributed by atoms with E-state index in [1.165, 1.54) is 12.3 Å². The lowest BCUT2D eigenvalue weighted by atomic mass is 9.97. The van der Waals surface area contributed by atoms with E-state index in [0.29, 0.717) is 11.1 Å². The summed E-state index contributed by atoms with van der Waals surface area (Å²) in [5, 5.41) is 13.5. The number of carbonyl (C=O) groups is 2. The molecule has 0 spiro atoms. The fraction of sp³-hybridized carbons (Fsp3) is 0.500. The first-order valence-corrected chi connectivity index (χ1v) is 12.8. The van der Waals surface area contributed by atoms with Gasteiger partial charge < -0.3 is 14.2 Å². The molecule has 5 atom stereocenters. The molecular weight excluding hydrogens is 517 g/mol. The molecule has 0 bridgehead atoms. The number of nitrogens with zero attached hydrogens (tertiary/aromatic N) is 2. The van der Waals surface area contributed by atoms with Crippen LogP contribution in [-0.2, 0) is 19.3 Å². The highest BCUT2D eigenvalue weighted by Crippen LogP contribution is 2.49. The smallest absolute Gasteiger partial charge is 0.444 e. The lowest BCUT2D eigenvalue weighted by Gasteiger charge is -2.26. The average molecular weight is 550 g/mol. The summed E-state index contributed by atoms with van der Waals surface area (Å²) in [6.45, 7) is 13.8. The predicted molar refractivity (Wildman–Crippen MR) is 139 cm³/mol. The Morgan fingerprint density at radius 3 is 2.32 bits per heavy atom. The van der Waals surface area contributed by atoms with Gasteiger partial charge in [-0.15, -0.1) is 11.8 Å². The summed E-state index contributed by atoms with van der Waals surface area (Å²) in [5.41, 5.74) is -1.77. The third-order valence-electron chi connectivity index (χ3n) is 5.22. The van der Waals surface area contributed by atoms with Crippen LogP contribution in [0, 0.1) is 6.92 Å². The molecular formula is C26H32FN3O7S. The second-order valence-electron chi connectivity index (χ2n) is 10.7. The molecule has 1 saturated heterocycles. The van der Waals surface area contributed by atoms with E-state index in [1.807, 2.05) is 0 Å². The topological polar surface area (TPSA) is 129 Å². The molecule has 2 aromatic rings. The molecule has 1 fully saturated rings. The van der Waals surface area contributed by atoms with Crippen molar-refractivity contribution in [1.29, 1.82) is 0 Å². The average Bonchev–Trinajstić information content (AvgIpc) is 3.07. The van der Waals surface area contributed by atoms with Gasteiger partial charge in [-0.3, -0.25) is 9.88 Å². The largest absolute Gasteiger partial charge is 0.509 e. The molecule has 1 unspecified atom stereocenters. The number of amides is 1. The predicted octanol–water partition coefficient (Wildman–Crippen LogP) is 5.22. The highest BCUT2D eigenvalue weighted by molar-refractivity contribution is 8.00. The van der Waals surface area contributed by atoms with Crippen LogP contribution in [-0.4, -0.2) is 50.5 Å². The maximum Gasteiger partial charge on any atom is 0.509 e. The highest BCUT2D eigenvalue weighted by Gasteiger charge is 2.52. The van der Waals surface area contributed by atoms with Crippen molar-refractivity contribution in [3.05, 3.63) is 65.1 Å². The van der Waals surface area contributed by atoms with Crippen LogP contribution in [0.25, 0.3) is 0 Å². The Hall–Kier alpha value is -3.12. The number of carbonyl (C=O) groups excluding carboxylic acids is 2. The maximum atomic E-state index is 15.8. The number of anilines is 1. The zero-order valence-electron chi connectivity index (χ0n) is 22.1. The van der Waals surface area contributed by atoms with Crippen LogP contribution >= 0.6 is 11.8 Å².